The van der Waals surface area contributed by atoms with E-state index in [1.54, 1.807) is 13.1 Å². The van der Waals surface area contributed by atoms with Crippen molar-refractivity contribution in [2.24, 2.45) is 5.73 Å². The summed E-state index contributed by atoms with van der Waals surface area (Å²) >= 11 is 3.13. The van der Waals surface area contributed by atoms with E-state index in [0.717, 1.165) is 0 Å². The van der Waals surface area contributed by atoms with Crippen LogP contribution in [0.2, 0.25) is 0 Å². The molecule has 0 aliphatic carbocycles. The number of rotatable bonds is 3. The van der Waals surface area contributed by atoms with Crippen molar-refractivity contribution in [3.8, 4) is 0 Å². The fourth-order valence-corrected chi connectivity index (χ4v) is 1.52. The Morgan fingerprint density at radius 1 is 1.64 bits per heavy atom. The van der Waals surface area contributed by atoms with Gasteiger partial charge in [-0.2, -0.15) is 0 Å². The molecule has 0 spiro atoms. The topological polar surface area (TPSA) is 55.1 Å². The van der Waals surface area contributed by atoms with Crippen LogP contribution in [-0.2, 0) is 4.79 Å². The van der Waals surface area contributed by atoms with Crippen LogP contribution in [0.3, 0.4) is 0 Å². The Morgan fingerprint density at radius 3 is 2.71 bits per heavy atom. The lowest BCUT2D eigenvalue weighted by Crippen LogP contribution is -2.31. The van der Waals surface area contributed by atoms with Crippen molar-refractivity contribution in [2.75, 3.05) is 7.05 Å². The Balaban J connectivity index is 3.10. The quantitative estimate of drug-likeness (QED) is 0.862. The molecule has 1 aromatic rings. The zero-order valence-electron chi connectivity index (χ0n) is 7.55. The first kappa shape index (κ1) is 11.1. The molecule has 0 saturated carbocycles. The van der Waals surface area contributed by atoms with Crippen molar-refractivity contribution in [3.05, 3.63) is 34.1 Å². The summed E-state index contributed by atoms with van der Waals surface area (Å²) in [6.07, 6.45) is 0. The van der Waals surface area contributed by atoms with Gasteiger partial charge in [0, 0.05) is 10.0 Å². The predicted octanol–water partition coefficient (Wildman–Crippen LogP) is 1.33. The zero-order valence-corrected chi connectivity index (χ0v) is 9.14. The average Bonchev–Trinajstić information content (AvgIpc) is 2.09. The Kier molecular flexibility index (Phi) is 3.60. The summed E-state index contributed by atoms with van der Waals surface area (Å²) in [7, 11) is 1.55. The summed E-state index contributed by atoms with van der Waals surface area (Å²) in [5, 5.41) is 2.65. The molecular formula is C9H10BrFN2O. The van der Waals surface area contributed by atoms with Crippen LogP contribution in [0.15, 0.2) is 22.7 Å². The number of halogens is 2. The molecule has 0 aliphatic rings. The van der Waals surface area contributed by atoms with E-state index in [9.17, 15) is 9.18 Å². The summed E-state index contributed by atoms with van der Waals surface area (Å²) in [6, 6.07) is 3.68. The van der Waals surface area contributed by atoms with Crippen molar-refractivity contribution in [2.45, 2.75) is 6.04 Å². The molecule has 76 valence electrons. The Hall–Kier alpha value is -0.940. The molecule has 1 rings (SSSR count). The minimum absolute atomic E-state index is 0.253. The van der Waals surface area contributed by atoms with Crippen LogP contribution in [0.1, 0.15) is 11.6 Å². The lowest BCUT2D eigenvalue weighted by atomic mass is 10.1. The zero-order chi connectivity index (χ0) is 10.7. The lowest BCUT2D eigenvalue weighted by molar-refractivity contribution is -0.120. The van der Waals surface area contributed by atoms with E-state index in [1.807, 2.05) is 0 Å². The van der Waals surface area contributed by atoms with Crippen LogP contribution >= 0.6 is 15.9 Å². The number of carbonyl (C=O) groups is 1. The number of amides is 1. The second kappa shape index (κ2) is 4.52. The SMILES string of the molecule is CNC(C(N)=O)c1ccc(Br)cc1F. The highest BCUT2D eigenvalue weighted by Gasteiger charge is 2.18. The second-order valence-electron chi connectivity index (χ2n) is 2.79. The smallest absolute Gasteiger partial charge is 0.239 e. The minimum Gasteiger partial charge on any atom is -0.368 e. The van der Waals surface area contributed by atoms with Crippen molar-refractivity contribution in [3.63, 3.8) is 0 Å². The molecule has 1 amide bonds. The van der Waals surface area contributed by atoms with Gasteiger partial charge >= 0.3 is 0 Å². The van der Waals surface area contributed by atoms with Crippen LogP contribution in [-0.4, -0.2) is 13.0 Å². The third kappa shape index (κ3) is 2.30. The maximum Gasteiger partial charge on any atom is 0.239 e. The molecule has 3 N–H and O–H groups in total. The van der Waals surface area contributed by atoms with E-state index >= 15 is 0 Å². The van der Waals surface area contributed by atoms with Crippen LogP contribution in [0.5, 0.6) is 0 Å². The number of nitrogens with one attached hydrogen (secondary N) is 1. The fraction of sp³-hybridized carbons (Fsp3) is 0.222. The minimum atomic E-state index is -0.789. The van der Waals surface area contributed by atoms with Gasteiger partial charge < -0.3 is 11.1 Å². The van der Waals surface area contributed by atoms with Gasteiger partial charge in [-0.3, -0.25) is 4.79 Å². The fourth-order valence-electron chi connectivity index (χ4n) is 1.19. The first-order chi connectivity index (χ1) is 6.56. The van der Waals surface area contributed by atoms with Crippen LogP contribution in [0.25, 0.3) is 0 Å². The Morgan fingerprint density at radius 2 is 2.29 bits per heavy atom. The average molecular weight is 261 g/mol. The molecule has 0 heterocycles. The van der Waals surface area contributed by atoms with Gasteiger partial charge in [0.1, 0.15) is 11.9 Å². The summed E-state index contributed by atoms with van der Waals surface area (Å²) in [5.74, 6) is -1.06. The van der Waals surface area contributed by atoms with Gasteiger partial charge in [0.15, 0.2) is 0 Å². The number of primary amides is 1. The first-order valence-corrected chi connectivity index (χ1v) is 4.77. The summed E-state index contributed by atoms with van der Waals surface area (Å²) < 4.78 is 14.0. The molecule has 5 heteroatoms. The number of hydrogen-bond acceptors (Lipinski definition) is 2. The van der Waals surface area contributed by atoms with Crippen LogP contribution < -0.4 is 11.1 Å². The maximum absolute atomic E-state index is 13.4. The molecule has 0 saturated heterocycles. The molecule has 0 aromatic heterocycles. The van der Waals surface area contributed by atoms with Crippen LogP contribution in [0.4, 0.5) is 4.39 Å². The summed E-state index contributed by atoms with van der Waals surface area (Å²) in [5.41, 5.74) is 5.36. The largest absolute Gasteiger partial charge is 0.368 e. The highest BCUT2D eigenvalue weighted by molar-refractivity contribution is 9.10. The summed E-state index contributed by atoms with van der Waals surface area (Å²) in [6.45, 7) is 0. The van der Waals surface area contributed by atoms with E-state index in [1.165, 1.54) is 12.1 Å². The van der Waals surface area contributed by atoms with E-state index < -0.39 is 17.8 Å². The molecule has 1 unspecified atom stereocenters. The van der Waals surface area contributed by atoms with Gasteiger partial charge in [-0.15, -0.1) is 0 Å². The van der Waals surface area contributed by atoms with Crippen molar-refractivity contribution >= 4 is 21.8 Å². The number of likely N-dealkylation sites (N-methyl/N-ethyl adjacent to an activating group) is 1. The molecule has 1 aromatic carbocycles. The second-order valence-corrected chi connectivity index (χ2v) is 3.71. The number of hydrogen-bond donors (Lipinski definition) is 2. The molecular weight excluding hydrogens is 251 g/mol. The Bertz CT molecular complexity index is 357. The molecule has 3 nitrogen and oxygen atoms in total. The highest BCUT2D eigenvalue weighted by atomic mass is 79.9. The van der Waals surface area contributed by atoms with Crippen molar-refractivity contribution < 1.29 is 9.18 Å². The lowest BCUT2D eigenvalue weighted by Gasteiger charge is -2.13. The van der Waals surface area contributed by atoms with Gasteiger partial charge in [0.25, 0.3) is 0 Å². The number of benzene rings is 1. The molecule has 0 aliphatic heterocycles. The van der Waals surface area contributed by atoms with E-state index in [4.69, 9.17) is 5.73 Å². The van der Waals surface area contributed by atoms with E-state index in [2.05, 4.69) is 21.2 Å². The monoisotopic (exact) mass is 260 g/mol. The molecule has 0 fully saturated rings. The third-order valence-corrected chi connectivity index (χ3v) is 2.34. The number of carbonyl (C=O) groups excluding carboxylic acids is 1. The van der Waals surface area contributed by atoms with Gasteiger partial charge in [0.2, 0.25) is 5.91 Å². The molecule has 0 radical (unpaired) electrons. The highest BCUT2D eigenvalue weighted by Crippen LogP contribution is 2.20. The molecule has 14 heavy (non-hydrogen) atoms. The van der Waals surface area contributed by atoms with Crippen LogP contribution in [0, 0.1) is 5.82 Å². The first-order valence-electron chi connectivity index (χ1n) is 3.97. The van der Waals surface area contributed by atoms with E-state index in [0.29, 0.717) is 4.47 Å². The van der Waals surface area contributed by atoms with E-state index in [-0.39, 0.29) is 5.56 Å². The van der Waals surface area contributed by atoms with Crippen molar-refractivity contribution in [1.82, 2.24) is 5.32 Å². The number of nitrogens with two attached hydrogens (primary N) is 1. The van der Waals surface area contributed by atoms with Gasteiger partial charge in [0.05, 0.1) is 0 Å². The predicted molar refractivity (Wildman–Crippen MR) is 55.1 cm³/mol. The third-order valence-electron chi connectivity index (χ3n) is 1.85. The Labute approximate surface area is 89.6 Å². The maximum atomic E-state index is 13.4. The van der Waals surface area contributed by atoms with Gasteiger partial charge in [-0.05, 0) is 19.2 Å². The summed E-state index contributed by atoms with van der Waals surface area (Å²) in [4.78, 5) is 10.9. The van der Waals surface area contributed by atoms with Gasteiger partial charge in [-0.25, -0.2) is 4.39 Å². The molecule has 0 bridgehead atoms. The normalized spacial score (nSPS) is 12.5. The van der Waals surface area contributed by atoms with Crippen molar-refractivity contribution in [1.29, 1.82) is 0 Å². The molecule has 1 atom stereocenters. The van der Waals surface area contributed by atoms with Gasteiger partial charge in [-0.1, -0.05) is 22.0 Å². The standard InChI is InChI=1S/C9H10BrFN2O/c1-13-8(9(12)14)6-3-2-5(10)4-7(6)11/h2-4,8,13H,1H3,(H2,12,14).